The number of piperidine rings is 1. The highest BCUT2D eigenvalue weighted by Gasteiger charge is 2.31. The molecule has 3 aliphatic heterocycles. The summed E-state index contributed by atoms with van der Waals surface area (Å²) in [5, 5.41) is 6.05. The minimum Gasteiger partial charge on any atom is -0.490 e. The van der Waals surface area contributed by atoms with E-state index in [1.165, 1.54) is 17.8 Å². The minimum atomic E-state index is -0.734. The van der Waals surface area contributed by atoms with Gasteiger partial charge >= 0.3 is 5.97 Å². The van der Waals surface area contributed by atoms with Crippen LogP contribution in [0.3, 0.4) is 0 Å². The number of hydrogen-bond donors (Lipinski definition) is 2. The van der Waals surface area contributed by atoms with Gasteiger partial charge in [-0.2, -0.15) is 4.98 Å². The molecule has 0 spiro atoms. The van der Waals surface area contributed by atoms with Crippen LogP contribution in [0.5, 0.6) is 5.75 Å². The van der Waals surface area contributed by atoms with E-state index in [-0.39, 0.29) is 35.4 Å². The van der Waals surface area contributed by atoms with Crippen molar-refractivity contribution in [3.05, 3.63) is 125 Å². The Bertz CT molecular complexity index is 3260. The second-order valence-corrected chi connectivity index (χ2v) is 22.5. The number of oxazole rings is 1. The number of esters is 1. The van der Waals surface area contributed by atoms with Gasteiger partial charge in [-0.15, -0.1) is 0 Å². The van der Waals surface area contributed by atoms with Gasteiger partial charge in [-0.25, -0.2) is 14.8 Å². The highest BCUT2D eigenvalue weighted by atomic mass is 32.1. The molecular formula is C59H64N8O7S. The molecule has 15 nitrogen and oxygen atoms in total. The number of benzene rings is 4. The second-order valence-electron chi connectivity index (χ2n) is 21.5. The predicted octanol–water partition coefficient (Wildman–Crippen LogP) is 10.6. The smallest absolute Gasteiger partial charge is 0.358 e. The minimum absolute atomic E-state index is 0.111. The zero-order chi connectivity index (χ0) is 51.8. The third kappa shape index (κ3) is 11.1. The molecule has 4 aromatic carbocycles. The van der Waals surface area contributed by atoms with Crippen LogP contribution < -0.4 is 25.2 Å². The molecule has 7 aromatic rings. The van der Waals surface area contributed by atoms with Gasteiger partial charge in [0.2, 0.25) is 11.8 Å². The Morgan fingerprint density at radius 2 is 1.63 bits per heavy atom. The van der Waals surface area contributed by atoms with Gasteiger partial charge in [-0.1, -0.05) is 53.8 Å². The number of amides is 3. The molecule has 16 heteroatoms. The number of nitrogens with zero attached hydrogens (tertiary/aromatic N) is 6. The maximum Gasteiger partial charge on any atom is 0.358 e. The van der Waals surface area contributed by atoms with Gasteiger partial charge in [0.25, 0.3) is 11.9 Å². The molecule has 1 saturated carbocycles. The van der Waals surface area contributed by atoms with Crippen molar-refractivity contribution in [1.29, 1.82) is 0 Å². The topological polar surface area (TPSA) is 172 Å². The first kappa shape index (κ1) is 50.0. The maximum absolute atomic E-state index is 14.1. The lowest BCUT2D eigenvalue weighted by Gasteiger charge is -2.34. The van der Waals surface area contributed by atoms with Crippen LogP contribution in [-0.4, -0.2) is 94.5 Å². The monoisotopic (exact) mass is 1030 g/mol. The number of piperazine rings is 1. The molecule has 2 N–H and O–H groups in total. The lowest BCUT2D eigenvalue weighted by molar-refractivity contribution is -0.134. The molecule has 0 radical (unpaired) electrons. The highest BCUT2D eigenvalue weighted by Crippen LogP contribution is 2.38. The number of nitrogens with one attached hydrogen (secondary N) is 2. The lowest BCUT2D eigenvalue weighted by atomic mass is 9.84. The van der Waals surface area contributed by atoms with E-state index in [2.05, 4.69) is 43.3 Å². The summed E-state index contributed by atoms with van der Waals surface area (Å²) in [6, 6.07) is 30.0. The standard InChI is InChI=1S/C59H64N8O7S/c1-36-41(43-22-25-51(62-53(43)56(71)74-59(2,3)4)67-29-27-38-11-7-13-44(45(38)35-67)55(70)64-57-60-46-14-5-6-16-50(46)75-57)12-8-15-48(36)72-40-20-17-37(18-21-40)10-9-28-65-30-32-66(33-31-65)58-61-47-34-39(19-24-49(47)73-58)42-23-26-52(68)63-54(42)69/h5-8,11-16,19,22,24-25,34,37,40,42H,9-10,17-18,20-21,23,26-33,35H2,1-4H3,(H,60,64,70)(H,63,68,69). The molecule has 0 bridgehead atoms. The lowest BCUT2D eigenvalue weighted by Crippen LogP contribution is -2.46. The Kier molecular flexibility index (Phi) is 14.1. The number of anilines is 3. The van der Waals surface area contributed by atoms with Gasteiger partial charge in [-0.05, 0) is 168 Å². The molecule has 6 heterocycles. The number of thiazole rings is 1. The average molecular weight is 1030 g/mol. The Hall–Kier alpha value is -7.17. The fourth-order valence-corrected chi connectivity index (χ4v) is 12.1. The van der Waals surface area contributed by atoms with E-state index in [0.29, 0.717) is 71.9 Å². The molecule has 388 valence electrons. The normalized spacial score (nSPS) is 19.5. The highest BCUT2D eigenvalue weighted by molar-refractivity contribution is 7.22. The largest absolute Gasteiger partial charge is 0.490 e. The fraction of sp³-hybridized carbons (Fsp3) is 0.407. The predicted molar refractivity (Wildman–Crippen MR) is 292 cm³/mol. The van der Waals surface area contributed by atoms with Crippen LogP contribution in [0.25, 0.3) is 32.4 Å². The average Bonchev–Trinajstić information content (AvgIpc) is 4.03. The summed E-state index contributed by atoms with van der Waals surface area (Å²) in [4.78, 5) is 73.4. The van der Waals surface area contributed by atoms with Crippen molar-refractivity contribution in [1.82, 2.24) is 25.2 Å². The Morgan fingerprint density at radius 3 is 2.43 bits per heavy atom. The number of para-hydroxylation sites is 1. The van der Waals surface area contributed by atoms with E-state index in [9.17, 15) is 19.2 Å². The summed E-state index contributed by atoms with van der Waals surface area (Å²) >= 11 is 1.45. The number of rotatable bonds is 13. The van der Waals surface area contributed by atoms with Crippen LogP contribution in [0.2, 0.25) is 0 Å². The molecule has 4 aliphatic rings. The Labute approximate surface area is 441 Å². The molecule has 3 aromatic heterocycles. The molecule has 1 aliphatic carbocycles. The first-order valence-corrected chi connectivity index (χ1v) is 27.4. The number of carbonyl (C=O) groups is 4. The van der Waals surface area contributed by atoms with Gasteiger partial charge in [-0.3, -0.25) is 29.9 Å². The van der Waals surface area contributed by atoms with Crippen LogP contribution in [-0.2, 0) is 27.3 Å². The summed E-state index contributed by atoms with van der Waals surface area (Å²) < 4.78 is 19.9. The fourth-order valence-electron chi connectivity index (χ4n) is 11.2. The molecule has 1 unspecified atom stereocenters. The van der Waals surface area contributed by atoms with Crippen LogP contribution in [0.1, 0.15) is 121 Å². The van der Waals surface area contributed by atoms with Gasteiger partial charge in [0.1, 0.15) is 22.7 Å². The van der Waals surface area contributed by atoms with E-state index in [4.69, 9.17) is 23.9 Å². The van der Waals surface area contributed by atoms with Crippen molar-refractivity contribution in [3.8, 4) is 16.9 Å². The van der Waals surface area contributed by atoms with E-state index in [0.717, 1.165) is 114 Å². The molecule has 3 fully saturated rings. The summed E-state index contributed by atoms with van der Waals surface area (Å²) in [6.07, 6.45) is 8.28. The second kappa shape index (κ2) is 21.2. The van der Waals surface area contributed by atoms with Crippen LogP contribution >= 0.6 is 11.3 Å². The SMILES string of the molecule is Cc1c(OC2CCC(CCCN3CCN(c4nc5cc(C6CCC(=O)NC6=O)ccc5o4)CC3)CC2)cccc1-c1ccc(N2CCc3cccc(C(=O)Nc4nc5ccccc5s4)c3C2)nc1C(=O)OC(C)(C)C. The van der Waals surface area contributed by atoms with Gasteiger partial charge < -0.3 is 23.7 Å². The number of pyridine rings is 1. The number of hydrogen-bond acceptors (Lipinski definition) is 14. The van der Waals surface area contributed by atoms with E-state index >= 15 is 0 Å². The maximum atomic E-state index is 14.1. The first-order chi connectivity index (χ1) is 36.3. The zero-order valence-electron chi connectivity index (χ0n) is 43.2. The first-order valence-electron chi connectivity index (χ1n) is 26.5. The molecule has 1 atom stereocenters. The summed E-state index contributed by atoms with van der Waals surface area (Å²) in [6.45, 7) is 13.4. The van der Waals surface area contributed by atoms with Gasteiger partial charge in [0, 0.05) is 56.8 Å². The quantitative estimate of drug-likeness (QED) is 0.0826. The summed E-state index contributed by atoms with van der Waals surface area (Å²) in [7, 11) is 0. The number of aromatic nitrogens is 3. The van der Waals surface area contributed by atoms with E-state index < -0.39 is 11.6 Å². The number of imide groups is 1. The third-order valence-electron chi connectivity index (χ3n) is 15.3. The molecule has 3 amide bonds. The number of fused-ring (bicyclic) bond motifs is 3. The number of ether oxygens (including phenoxy) is 2. The summed E-state index contributed by atoms with van der Waals surface area (Å²) in [5.74, 6) is 0.600. The van der Waals surface area contributed by atoms with Crippen molar-refractivity contribution in [2.45, 2.75) is 110 Å². The molecule has 75 heavy (non-hydrogen) atoms. The van der Waals surface area contributed by atoms with Crippen LogP contribution in [0, 0.1) is 12.8 Å². The zero-order valence-corrected chi connectivity index (χ0v) is 44.0. The Morgan fingerprint density at radius 1 is 0.813 bits per heavy atom. The molecular weight excluding hydrogens is 965 g/mol. The molecule has 11 rings (SSSR count). The van der Waals surface area contributed by atoms with Gasteiger partial charge in [0.05, 0.1) is 22.2 Å². The Balaban J connectivity index is 0.690. The van der Waals surface area contributed by atoms with E-state index in [1.54, 1.807) is 0 Å². The van der Waals surface area contributed by atoms with Crippen molar-refractivity contribution in [2.75, 3.05) is 54.4 Å². The molecule has 2 saturated heterocycles. The third-order valence-corrected chi connectivity index (χ3v) is 16.2. The van der Waals surface area contributed by atoms with Crippen molar-refractivity contribution in [2.24, 2.45) is 5.92 Å². The number of carbonyl (C=O) groups excluding carboxylic acids is 4. The summed E-state index contributed by atoms with van der Waals surface area (Å²) in [5.41, 5.74) is 7.78. The van der Waals surface area contributed by atoms with Crippen molar-refractivity contribution < 1.29 is 33.1 Å². The van der Waals surface area contributed by atoms with Gasteiger partial charge in [0.15, 0.2) is 16.4 Å². The van der Waals surface area contributed by atoms with Crippen LogP contribution in [0.4, 0.5) is 17.0 Å². The van der Waals surface area contributed by atoms with Crippen molar-refractivity contribution in [3.63, 3.8) is 0 Å². The van der Waals surface area contributed by atoms with Crippen molar-refractivity contribution >= 4 is 73.3 Å². The van der Waals surface area contributed by atoms with E-state index in [1.807, 2.05) is 106 Å². The van der Waals surface area contributed by atoms with Crippen LogP contribution in [0.15, 0.2) is 95.4 Å².